The Labute approximate surface area is 157 Å². The molecular weight excluding hydrogens is 344 g/mol. The van der Waals surface area contributed by atoms with Gasteiger partial charge in [-0.05, 0) is 34.9 Å². The molecule has 3 rings (SSSR count). The van der Waals surface area contributed by atoms with E-state index in [4.69, 9.17) is 0 Å². The van der Waals surface area contributed by atoms with Gasteiger partial charge in [-0.1, -0.05) is 51.0 Å². The SMILES string of the molecule is CCC(CC)[C@@H](NC(=O)Cc1cc2ccccc2[nH]c1=O)c1cccs1. The highest BCUT2D eigenvalue weighted by molar-refractivity contribution is 7.10. The summed E-state index contributed by atoms with van der Waals surface area (Å²) in [5.74, 6) is 0.267. The molecule has 0 unspecified atom stereocenters. The van der Waals surface area contributed by atoms with Gasteiger partial charge >= 0.3 is 0 Å². The van der Waals surface area contributed by atoms with Crippen LogP contribution >= 0.6 is 11.3 Å². The van der Waals surface area contributed by atoms with Gasteiger partial charge in [0.05, 0.1) is 12.5 Å². The predicted molar refractivity (Wildman–Crippen MR) is 108 cm³/mol. The molecule has 0 saturated carbocycles. The number of aromatic amines is 1. The molecule has 0 bridgehead atoms. The Bertz CT molecular complexity index is 927. The van der Waals surface area contributed by atoms with E-state index in [9.17, 15) is 9.59 Å². The van der Waals surface area contributed by atoms with Gasteiger partial charge in [-0.3, -0.25) is 9.59 Å². The lowest BCUT2D eigenvalue weighted by Gasteiger charge is -2.25. The Balaban J connectivity index is 1.80. The highest BCUT2D eigenvalue weighted by atomic mass is 32.1. The number of rotatable bonds is 7. The summed E-state index contributed by atoms with van der Waals surface area (Å²) in [5, 5.41) is 6.13. The minimum Gasteiger partial charge on any atom is -0.348 e. The lowest BCUT2D eigenvalue weighted by molar-refractivity contribution is -0.121. The molecule has 4 nitrogen and oxygen atoms in total. The van der Waals surface area contributed by atoms with Crippen LogP contribution in [-0.4, -0.2) is 10.9 Å². The second kappa shape index (κ2) is 8.32. The number of carbonyl (C=O) groups is 1. The number of aromatic nitrogens is 1. The maximum atomic E-state index is 12.7. The van der Waals surface area contributed by atoms with Crippen LogP contribution in [0, 0.1) is 5.92 Å². The van der Waals surface area contributed by atoms with Crippen LogP contribution in [0.25, 0.3) is 10.9 Å². The van der Waals surface area contributed by atoms with Gasteiger partial charge in [-0.2, -0.15) is 0 Å². The van der Waals surface area contributed by atoms with Crippen LogP contribution in [0.5, 0.6) is 0 Å². The van der Waals surface area contributed by atoms with Gasteiger partial charge in [0.15, 0.2) is 0 Å². The maximum absolute atomic E-state index is 12.7. The minimum absolute atomic E-state index is 0.00274. The van der Waals surface area contributed by atoms with Crippen molar-refractivity contribution in [3.63, 3.8) is 0 Å². The molecule has 0 aliphatic carbocycles. The van der Waals surface area contributed by atoms with Gasteiger partial charge in [-0.15, -0.1) is 11.3 Å². The number of hydrogen-bond donors (Lipinski definition) is 2. The zero-order chi connectivity index (χ0) is 18.5. The number of H-pyrrole nitrogens is 1. The largest absolute Gasteiger partial charge is 0.348 e. The normalized spacial score (nSPS) is 12.4. The van der Waals surface area contributed by atoms with E-state index < -0.39 is 0 Å². The molecule has 1 atom stereocenters. The van der Waals surface area contributed by atoms with E-state index in [1.54, 1.807) is 11.3 Å². The Hall–Kier alpha value is -2.40. The van der Waals surface area contributed by atoms with Crippen LogP contribution in [0.4, 0.5) is 0 Å². The van der Waals surface area contributed by atoms with Crippen molar-refractivity contribution in [2.45, 2.75) is 39.2 Å². The van der Waals surface area contributed by atoms with Crippen molar-refractivity contribution in [2.24, 2.45) is 5.92 Å². The number of hydrogen-bond acceptors (Lipinski definition) is 3. The van der Waals surface area contributed by atoms with E-state index in [2.05, 4.69) is 30.2 Å². The summed E-state index contributed by atoms with van der Waals surface area (Å²) in [5.41, 5.74) is 1.08. The Morgan fingerprint density at radius 1 is 1.15 bits per heavy atom. The lowest BCUT2D eigenvalue weighted by atomic mass is 9.92. The van der Waals surface area contributed by atoms with Crippen molar-refractivity contribution in [1.29, 1.82) is 0 Å². The van der Waals surface area contributed by atoms with Crippen LogP contribution in [0.2, 0.25) is 0 Å². The molecule has 1 amide bonds. The molecule has 1 aromatic carbocycles. The first-order chi connectivity index (χ1) is 12.6. The van der Waals surface area contributed by atoms with E-state index in [1.807, 2.05) is 41.8 Å². The number of fused-ring (bicyclic) bond motifs is 1. The minimum atomic E-state index is -0.200. The summed E-state index contributed by atoms with van der Waals surface area (Å²) < 4.78 is 0. The van der Waals surface area contributed by atoms with Gasteiger partial charge in [0.1, 0.15) is 0 Å². The van der Waals surface area contributed by atoms with Crippen LogP contribution in [-0.2, 0) is 11.2 Å². The van der Waals surface area contributed by atoms with Gasteiger partial charge in [0, 0.05) is 16.0 Å². The smallest absolute Gasteiger partial charge is 0.252 e. The van der Waals surface area contributed by atoms with Crippen LogP contribution in [0.15, 0.2) is 52.6 Å². The molecule has 0 aliphatic heterocycles. The molecule has 26 heavy (non-hydrogen) atoms. The average molecular weight is 369 g/mol. The van der Waals surface area contributed by atoms with Gasteiger partial charge in [0.2, 0.25) is 5.91 Å². The fourth-order valence-corrected chi connectivity index (χ4v) is 4.24. The number of amides is 1. The number of carbonyl (C=O) groups excluding carboxylic acids is 1. The Kier molecular flexibility index (Phi) is 5.89. The Morgan fingerprint density at radius 2 is 1.92 bits per heavy atom. The molecular formula is C21H24N2O2S. The molecule has 0 radical (unpaired) electrons. The van der Waals surface area contributed by atoms with E-state index >= 15 is 0 Å². The highest BCUT2D eigenvalue weighted by Crippen LogP contribution is 2.30. The van der Waals surface area contributed by atoms with E-state index in [-0.39, 0.29) is 23.9 Å². The second-order valence-electron chi connectivity index (χ2n) is 6.52. The third kappa shape index (κ3) is 4.05. The number of benzene rings is 1. The summed E-state index contributed by atoms with van der Waals surface area (Å²) in [6.07, 6.45) is 2.08. The average Bonchev–Trinajstić information content (AvgIpc) is 3.17. The fraction of sp³-hybridized carbons (Fsp3) is 0.333. The quantitative estimate of drug-likeness (QED) is 0.648. The lowest BCUT2D eigenvalue weighted by Crippen LogP contribution is -2.34. The van der Waals surface area contributed by atoms with Gasteiger partial charge < -0.3 is 10.3 Å². The van der Waals surface area contributed by atoms with Gasteiger partial charge in [0.25, 0.3) is 5.56 Å². The van der Waals surface area contributed by atoms with E-state index in [0.717, 1.165) is 23.7 Å². The molecule has 3 aromatic rings. The molecule has 2 heterocycles. The first-order valence-electron chi connectivity index (χ1n) is 9.06. The number of para-hydroxylation sites is 1. The molecule has 136 valence electrons. The molecule has 0 saturated heterocycles. The molecule has 0 spiro atoms. The molecule has 2 N–H and O–H groups in total. The summed E-state index contributed by atoms with van der Waals surface area (Å²) in [4.78, 5) is 29.0. The monoisotopic (exact) mass is 368 g/mol. The first-order valence-corrected chi connectivity index (χ1v) is 9.94. The second-order valence-corrected chi connectivity index (χ2v) is 7.50. The zero-order valence-electron chi connectivity index (χ0n) is 15.1. The number of pyridine rings is 1. The molecule has 5 heteroatoms. The van der Waals surface area contributed by atoms with Gasteiger partial charge in [-0.25, -0.2) is 0 Å². The summed E-state index contributed by atoms with van der Waals surface area (Å²) >= 11 is 1.66. The summed E-state index contributed by atoms with van der Waals surface area (Å²) in [7, 11) is 0. The van der Waals surface area contributed by atoms with Crippen molar-refractivity contribution in [3.8, 4) is 0 Å². The zero-order valence-corrected chi connectivity index (χ0v) is 15.9. The fourth-order valence-electron chi connectivity index (χ4n) is 3.37. The number of nitrogens with one attached hydrogen (secondary N) is 2. The summed E-state index contributed by atoms with van der Waals surface area (Å²) in [6, 6.07) is 13.5. The van der Waals surface area contributed by atoms with E-state index in [1.165, 1.54) is 4.88 Å². The predicted octanol–water partition coefficient (Wildman–Crippen LogP) is 4.43. The summed E-state index contributed by atoms with van der Waals surface area (Å²) in [6.45, 7) is 4.30. The molecule has 0 fully saturated rings. The van der Waals surface area contributed by atoms with Crippen LogP contribution < -0.4 is 10.9 Å². The highest BCUT2D eigenvalue weighted by Gasteiger charge is 2.23. The van der Waals surface area contributed by atoms with Crippen LogP contribution in [0.3, 0.4) is 0 Å². The molecule has 2 aromatic heterocycles. The Morgan fingerprint density at radius 3 is 2.62 bits per heavy atom. The maximum Gasteiger partial charge on any atom is 0.252 e. The van der Waals surface area contributed by atoms with Crippen molar-refractivity contribution >= 4 is 28.1 Å². The first kappa shape index (κ1) is 18.4. The van der Waals surface area contributed by atoms with Crippen molar-refractivity contribution in [2.75, 3.05) is 0 Å². The molecule has 0 aliphatic rings. The third-order valence-electron chi connectivity index (χ3n) is 4.87. The van der Waals surface area contributed by atoms with Crippen molar-refractivity contribution in [1.82, 2.24) is 10.3 Å². The van der Waals surface area contributed by atoms with E-state index in [0.29, 0.717) is 11.5 Å². The number of thiophene rings is 1. The topological polar surface area (TPSA) is 62.0 Å². The standard InChI is InChI=1S/C21H24N2O2S/c1-3-14(4-2)20(18-10-7-11-26-18)23-19(24)13-16-12-15-8-5-6-9-17(15)22-21(16)25/h5-12,14,20H,3-4,13H2,1-2H3,(H,22,25)(H,23,24)/t20-/m1/s1. The van der Waals surface area contributed by atoms with Crippen LogP contribution in [0.1, 0.15) is 43.2 Å². The van der Waals surface area contributed by atoms with Crippen molar-refractivity contribution in [3.05, 3.63) is 68.6 Å². The third-order valence-corrected chi connectivity index (χ3v) is 5.82. The van der Waals surface area contributed by atoms with Crippen molar-refractivity contribution < 1.29 is 4.79 Å².